The van der Waals surface area contributed by atoms with Crippen molar-refractivity contribution in [2.75, 3.05) is 13.2 Å². The molecule has 2 amide bonds. The molecule has 1 unspecified atom stereocenters. The van der Waals surface area contributed by atoms with E-state index < -0.39 is 24.0 Å². The third kappa shape index (κ3) is 5.43. The van der Waals surface area contributed by atoms with Gasteiger partial charge in [0.15, 0.2) is 0 Å². The third-order valence-electron chi connectivity index (χ3n) is 5.85. The molecule has 1 aliphatic carbocycles. The van der Waals surface area contributed by atoms with Crippen LogP contribution in [0.4, 0.5) is 4.79 Å². The molecule has 0 saturated carbocycles. The molecule has 1 atom stereocenters. The van der Waals surface area contributed by atoms with Gasteiger partial charge in [0.05, 0.1) is 6.33 Å². The number of aromatic nitrogens is 2. The number of fused-ring (bicyclic) bond motifs is 3. The van der Waals surface area contributed by atoms with Gasteiger partial charge >= 0.3 is 12.1 Å². The monoisotopic (exact) mass is 462 g/mol. The average molecular weight is 463 g/mol. The van der Waals surface area contributed by atoms with Crippen molar-refractivity contribution in [2.24, 2.45) is 0 Å². The Kier molecular flexibility index (Phi) is 7.22. The van der Waals surface area contributed by atoms with E-state index in [-0.39, 0.29) is 25.4 Å². The van der Waals surface area contributed by atoms with Crippen molar-refractivity contribution in [1.29, 1.82) is 0 Å². The Balaban J connectivity index is 1.36. The minimum Gasteiger partial charge on any atom is -0.481 e. The highest BCUT2D eigenvalue weighted by molar-refractivity contribution is 5.86. The van der Waals surface area contributed by atoms with Crippen LogP contribution in [0.25, 0.3) is 11.1 Å². The highest BCUT2D eigenvalue weighted by Gasteiger charge is 2.29. The number of alkyl carbamates (subject to hydrolysis) is 1. The maximum absolute atomic E-state index is 12.6. The Morgan fingerprint density at radius 3 is 2.35 bits per heavy atom. The highest BCUT2D eigenvalue weighted by Crippen LogP contribution is 2.44. The van der Waals surface area contributed by atoms with E-state index >= 15 is 0 Å². The number of nitrogens with zero attached hydrogens (tertiary/aromatic N) is 1. The normalized spacial score (nSPS) is 12.9. The van der Waals surface area contributed by atoms with Gasteiger partial charge in [0.1, 0.15) is 12.6 Å². The second kappa shape index (κ2) is 10.7. The van der Waals surface area contributed by atoms with E-state index in [4.69, 9.17) is 9.84 Å². The number of nitrogens with one attached hydrogen (secondary N) is 3. The van der Waals surface area contributed by atoms with E-state index in [2.05, 4.69) is 20.6 Å². The van der Waals surface area contributed by atoms with Crippen molar-refractivity contribution in [1.82, 2.24) is 20.6 Å². The minimum atomic E-state index is -1.05. The molecule has 1 aliphatic rings. The van der Waals surface area contributed by atoms with Crippen LogP contribution in [0.3, 0.4) is 0 Å². The van der Waals surface area contributed by atoms with Gasteiger partial charge in [-0.1, -0.05) is 48.5 Å². The van der Waals surface area contributed by atoms with Gasteiger partial charge in [-0.2, -0.15) is 0 Å². The zero-order chi connectivity index (χ0) is 23.9. The molecule has 1 aromatic heterocycles. The number of amides is 2. The van der Waals surface area contributed by atoms with E-state index in [9.17, 15) is 14.4 Å². The first-order chi connectivity index (χ1) is 16.5. The lowest BCUT2D eigenvalue weighted by Gasteiger charge is -2.19. The SMILES string of the molecule is O=C(O)CCC(NC(=O)OCC1c2ccccc2-c2ccccc21)C(=O)NCCc1cnc[nH]1. The van der Waals surface area contributed by atoms with Crippen LogP contribution in [-0.2, 0) is 20.7 Å². The summed E-state index contributed by atoms with van der Waals surface area (Å²) >= 11 is 0. The van der Waals surface area contributed by atoms with Gasteiger partial charge in [0.25, 0.3) is 0 Å². The number of H-pyrrole nitrogens is 1. The average Bonchev–Trinajstić information content (AvgIpc) is 3.46. The molecule has 0 radical (unpaired) electrons. The van der Waals surface area contributed by atoms with Crippen LogP contribution in [-0.4, -0.2) is 52.2 Å². The van der Waals surface area contributed by atoms with Crippen molar-refractivity contribution >= 4 is 18.0 Å². The van der Waals surface area contributed by atoms with E-state index in [0.29, 0.717) is 13.0 Å². The number of carboxylic acids is 1. The van der Waals surface area contributed by atoms with Crippen LogP contribution in [0.5, 0.6) is 0 Å². The number of carbonyl (C=O) groups is 3. The summed E-state index contributed by atoms with van der Waals surface area (Å²) in [7, 11) is 0. The number of hydrogen-bond donors (Lipinski definition) is 4. The van der Waals surface area contributed by atoms with Gasteiger partial charge in [0, 0.05) is 37.2 Å². The Morgan fingerprint density at radius 2 is 1.74 bits per heavy atom. The number of ether oxygens (including phenoxy) is 1. The smallest absolute Gasteiger partial charge is 0.407 e. The van der Waals surface area contributed by atoms with Crippen LogP contribution < -0.4 is 10.6 Å². The number of rotatable bonds is 10. The van der Waals surface area contributed by atoms with Crippen molar-refractivity contribution in [3.8, 4) is 11.1 Å². The lowest BCUT2D eigenvalue weighted by Crippen LogP contribution is -2.47. The molecule has 4 N–H and O–H groups in total. The molecule has 9 nitrogen and oxygen atoms in total. The summed E-state index contributed by atoms with van der Waals surface area (Å²) in [5.74, 6) is -1.63. The van der Waals surface area contributed by atoms with Crippen LogP contribution in [0, 0.1) is 0 Å². The Bertz CT molecular complexity index is 1120. The number of carbonyl (C=O) groups excluding carboxylic acids is 2. The minimum absolute atomic E-state index is 0.0462. The molecule has 3 aromatic rings. The zero-order valence-electron chi connectivity index (χ0n) is 18.5. The van der Waals surface area contributed by atoms with Gasteiger partial charge in [-0.3, -0.25) is 9.59 Å². The van der Waals surface area contributed by atoms with E-state index in [1.54, 1.807) is 12.5 Å². The van der Waals surface area contributed by atoms with E-state index in [1.807, 2.05) is 48.5 Å². The molecule has 176 valence electrons. The summed E-state index contributed by atoms with van der Waals surface area (Å²) in [6, 6.07) is 15.0. The molecule has 0 bridgehead atoms. The van der Waals surface area contributed by atoms with Crippen LogP contribution in [0.2, 0.25) is 0 Å². The molecule has 0 saturated heterocycles. The second-order valence-electron chi connectivity index (χ2n) is 8.07. The van der Waals surface area contributed by atoms with Crippen LogP contribution in [0.15, 0.2) is 61.1 Å². The van der Waals surface area contributed by atoms with Crippen molar-refractivity contribution in [2.45, 2.75) is 31.2 Å². The lowest BCUT2D eigenvalue weighted by molar-refractivity contribution is -0.137. The highest BCUT2D eigenvalue weighted by atomic mass is 16.5. The predicted molar refractivity (Wildman–Crippen MR) is 124 cm³/mol. The topological polar surface area (TPSA) is 133 Å². The number of benzene rings is 2. The summed E-state index contributed by atoms with van der Waals surface area (Å²) in [6.07, 6.45) is 2.66. The molecule has 0 spiro atoms. The largest absolute Gasteiger partial charge is 0.481 e. The summed E-state index contributed by atoms with van der Waals surface area (Å²) in [5, 5.41) is 14.3. The Labute approximate surface area is 196 Å². The molecule has 4 rings (SSSR count). The van der Waals surface area contributed by atoms with Crippen molar-refractivity contribution in [3.05, 3.63) is 77.9 Å². The van der Waals surface area contributed by atoms with Gasteiger partial charge in [-0.05, 0) is 28.7 Å². The summed E-state index contributed by atoms with van der Waals surface area (Å²) in [5.41, 5.74) is 5.24. The predicted octanol–water partition coefficient (Wildman–Crippen LogP) is 2.84. The van der Waals surface area contributed by atoms with Crippen molar-refractivity contribution in [3.63, 3.8) is 0 Å². The zero-order valence-corrected chi connectivity index (χ0v) is 18.5. The summed E-state index contributed by atoms with van der Waals surface area (Å²) in [6.45, 7) is 0.421. The summed E-state index contributed by atoms with van der Waals surface area (Å²) < 4.78 is 5.50. The van der Waals surface area contributed by atoms with E-state index in [0.717, 1.165) is 27.9 Å². The van der Waals surface area contributed by atoms with Crippen LogP contribution >= 0.6 is 0 Å². The quantitative estimate of drug-likeness (QED) is 0.366. The fourth-order valence-corrected chi connectivity index (χ4v) is 4.18. The molecule has 2 aromatic carbocycles. The fraction of sp³-hybridized carbons (Fsp3) is 0.280. The summed E-state index contributed by atoms with van der Waals surface area (Å²) in [4.78, 5) is 43.1. The standard InChI is InChI=1S/C25H26N4O5/c30-23(31)10-9-22(24(32)27-12-11-16-13-26-15-28-16)29-25(33)34-14-21-19-7-3-1-5-17(19)18-6-2-4-8-20(18)21/h1-8,13,15,21-22H,9-12,14H2,(H,26,28)(H,27,32)(H,29,33)(H,30,31). The van der Waals surface area contributed by atoms with Crippen molar-refractivity contribution < 1.29 is 24.2 Å². The van der Waals surface area contributed by atoms with Gasteiger partial charge in [-0.15, -0.1) is 0 Å². The first-order valence-electron chi connectivity index (χ1n) is 11.1. The molecule has 0 aliphatic heterocycles. The number of imidazole rings is 1. The number of hydrogen-bond acceptors (Lipinski definition) is 5. The Morgan fingerprint density at radius 1 is 1.06 bits per heavy atom. The Hall–Kier alpha value is -4.14. The van der Waals surface area contributed by atoms with Gasteiger partial charge in [-0.25, -0.2) is 9.78 Å². The molecule has 1 heterocycles. The maximum atomic E-state index is 12.6. The molecule has 9 heteroatoms. The lowest BCUT2D eigenvalue weighted by atomic mass is 9.98. The molecular weight excluding hydrogens is 436 g/mol. The van der Waals surface area contributed by atoms with Gasteiger partial charge < -0.3 is 25.5 Å². The van der Waals surface area contributed by atoms with E-state index in [1.165, 1.54) is 0 Å². The van der Waals surface area contributed by atoms with Crippen LogP contribution in [0.1, 0.15) is 35.6 Å². The number of aromatic amines is 1. The maximum Gasteiger partial charge on any atom is 0.407 e. The molecular formula is C25H26N4O5. The molecule has 0 fully saturated rings. The molecule has 34 heavy (non-hydrogen) atoms. The van der Waals surface area contributed by atoms with Gasteiger partial charge in [0.2, 0.25) is 5.91 Å². The number of carboxylic acid groups (broad SMARTS) is 1. The number of aliphatic carboxylic acids is 1. The first-order valence-corrected chi connectivity index (χ1v) is 11.1. The fourth-order valence-electron chi connectivity index (χ4n) is 4.18. The second-order valence-corrected chi connectivity index (χ2v) is 8.07. The third-order valence-corrected chi connectivity index (χ3v) is 5.85. The first kappa shape index (κ1) is 23.0.